The highest BCUT2D eigenvalue weighted by Gasteiger charge is 2.31. The fraction of sp³-hybridized carbons (Fsp3) is 0.611. The number of aromatic nitrogens is 3. The number of rotatable bonds is 3. The van der Waals surface area contributed by atoms with E-state index in [-0.39, 0.29) is 12.1 Å². The van der Waals surface area contributed by atoms with Gasteiger partial charge in [0.25, 0.3) is 0 Å². The predicted molar refractivity (Wildman–Crippen MR) is 97.7 cm³/mol. The molecule has 2 aromatic rings. The van der Waals surface area contributed by atoms with Gasteiger partial charge < -0.3 is 19.5 Å². The molecule has 3 rings (SSSR count). The Labute approximate surface area is 148 Å². The molecule has 1 saturated heterocycles. The smallest absolute Gasteiger partial charge is 0.410 e. The average molecular weight is 345 g/mol. The molecule has 0 radical (unpaired) electrons. The van der Waals surface area contributed by atoms with Crippen LogP contribution in [0.1, 0.15) is 40.0 Å². The number of imidazole rings is 1. The molecule has 7 heteroatoms. The van der Waals surface area contributed by atoms with Crippen molar-refractivity contribution in [2.45, 2.75) is 51.7 Å². The van der Waals surface area contributed by atoms with E-state index in [9.17, 15) is 4.79 Å². The second kappa shape index (κ2) is 6.90. The van der Waals surface area contributed by atoms with Crippen LogP contribution in [-0.4, -0.2) is 57.7 Å². The molecule has 2 aromatic heterocycles. The van der Waals surface area contributed by atoms with Crippen LogP contribution in [0.5, 0.6) is 0 Å². The number of H-pyrrole nitrogens is 1. The number of likely N-dealkylation sites (N-methyl/N-ethyl adjacent to an activating group) is 1. The van der Waals surface area contributed by atoms with E-state index in [0.717, 1.165) is 37.3 Å². The maximum Gasteiger partial charge on any atom is 0.410 e. The number of fused-ring (bicyclic) bond motifs is 1. The Hall–Kier alpha value is -2.31. The minimum atomic E-state index is -0.477. The fourth-order valence-corrected chi connectivity index (χ4v) is 3.17. The first kappa shape index (κ1) is 17.5. The highest BCUT2D eigenvalue weighted by Crippen LogP contribution is 2.22. The molecule has 1 N–H and O–H groups in total. The van der Waals surface area contributed by atoms with Gasteiger partial charge in [0, 0.05) is 26.3 Å². The van der Waals surface area contributed by atoms with Crippen LogP contribution in [-0.2, 0) is 4.74 Å². The minimum Gasteiger partial charge on any atom is -0.444 e. The number of carbonyl (C=O) groups is 1. The summed E-state index contributed by atoms with van der Waals surface area (Å²) in [4.78, 5) is 28.5. The second-order valence-electron chi connectivity index (χ2n) is 7.64. The van der Waals surface area contributed by atoms with Crippen molar-refractivity contribution in [3.8, 4) is 0 Å². The lowest BCUT2D eigenvalue weighted by atomic mass is 10.0. The number of nitrogens with zero attached hydrogens (tertiary/aromatic N) is 4. The largest absolute Gasteiger partial charge is 0.444 e. The predicted octanol–water partition coefficient (Wildman–Crippen LogP) is 3.18. The van der Waals surface area contributed by atoms with Crippen LogP contribution in [0.25, 0.3) is 11.2 Å². The minimum absolute atomic E-state index is 0.120. The van der Waals surface area contributed by atoms with Gasteiger partial charge in [0.2, 0.25) is 5.95 Å². The summed E-state index contributed by atoms with van der Waals surface area (Å²) in [6, 6.07) is 3.96. The molecule has 0 spiro atoms. The Morgan fingerprint density at radius 2 is 2.24 bits per heavy atom. The summed E-state index contributed by atoms with van der Waals surface area (Å²) in [5, 5.41) is 0. The first-order chi connectivity index (χ1) is 11.8. The van der Waals surface area contributed by atoms with E-state index in [1.165, 1.54) is 0 Å². The molecular weight excluding hydrogens is 318 g/mol. The van der Waals surface area contributed by atoms with Gasteiger partial charge >= 0.3 is 6.09 Å². The molecular formula is C18H27N5O2. The SMILES string of the molecule is CN(CC1CCCCN1C(=O)OC(C)(C)C)c1nc2ncccc2[nH]1. The molecule has 0 bridgehead atoms. The first-order valence-electron chi connectivity index (χ1n) is 8.85. The van der Waals surface area contributed by atoms with Gasteiger partial charge in [-0.25, -0.2) is 9.78 Å². The van der Waals surface area contributed by atoms with Crippen molar-refractivity contribution in [2.24, 2.45) is 0 Å². The quantitative estimate of drug-likeness (QED) is 0.925. The molecule has 0 aliphatic carbocycles. The Balaban J connectivity index is 1.71. The second-order valence-corrected chi connectivity index (χ2v) is 7.64. The lowest BCUT2D eigenvalue weighted by Crippen LogP contribution is -2.50. The van der Waals surface area contributed by atoms with Gasteiger partial charge in [-0.15, -0.1) is 0 Å². The number of anilines is 1. The number of ether oxygens (including phenoxy) is 1. The van der Waals surface area contributed by atoms with E-state index in [4.69, 9.17) is 4.74 Å². The number of aromatic amines is 1. The summed E-state index contributed by atoms with van der Waals surface area (Å²) in [5.74, 6) is 0.767. The molecule has 0 aromatic carbocycles. The fourth-order valence-electron chi connectivity index (χ4n) is 3.17. The zero-order valence-corrected chi connectivity index (χ0v) is 15.5. The third kappa shape index (κ3) is 4.21. The van der Waals surface area contributed by atoms with Crippen LogP contribution in [0, 0.1) is 0 Å². The third-order valence-corrected chi connectivity index (χ3v) is 4.35. The molecule has 1 unspecified atom stereocenters. The Morgan fingerprint density at radius 1 is 1.44 bits per heavy atom. The normalized spacial score (nSPS) is 18.4. The summed E-state index contributed by atoms with van der Waals surface area (Å²) >= 11 is 0. The number of hydrogen-bond acceptors (Lipinski definition) is 5. The summed E-state index contributed by atoms with van der Waals surface area (Å²) < 4.78 is 5.58. The number of nitrogens with one attached hydrogen (secondary N) is 1. The topological polar surface area (TPSA) is 74.3 Å². The van der Waals surface area contributed by atoms with Crippen molar-refractivity contribution in [3.63, 3.8) is 0 Å². The van der Waals surface area contributed by atoms with Gasteiger partial charge in [-0.1, -0.05) is 0 Å². The maximum atomic E-state index is 12.5. The maximum absolute atomic E-state index is 12.5. The van der Waals surface area contributed by atoms with Gasteiger partial charge in [-0.2, -0.15) is 4.98 Å². The average Bonchev–Trinajstić information content (AvgIpc) is 2.98. The van der Waals surface area contributed by atoms with Gasteiger partial charge in [-0.3, -0.25) is 0 Å². The molecule has 25 heavy (non-hydrogen) atoms. The van der Waals surface area contributed by atoms with Gasteiger partial charge in [0.1, 0.15) is 5.60 Å². The lowest BCUT2D eigenvalue weighted by molar-refractivity contribution is 0.0108. The third-order valence-electron chi connectivity index (χ3n) is 4.35. The van der Waals surface area contributed by atoms with Crippen LogP contribution in [0.4, 0.5) is 10.7 Å². The van der Waals surface area contributed by atoms with E-state index in [0.29, 0.717) is 12.2 Å². The van der Waals surface area contributed by atoms with Crippen LogP contribution >= 0.6 is 0 Å². The molecule has 3 heterocycles. The number of piperidine rings is 1. The summed E-state index contributed by atoms with van der Waals surface area (Å²) in [6.45, 7) is 7.15. The molecule has 1 aliphatic heterocycles. The highest BCUT2D eigenvalue weighted by molar-refractivity contribution is 5.73. The summed E-state index contributed by atoms with van der Waals surface area (Å²) in [7, 11) is 1.99. The number of hydrogen-bond donors (Lipinski definition) is 1. The monoisotopic (exact) mass is 345 g/mol. The van der Waals surface area contributed by atoms with E-state index < -0.39 is 5.60 Å². The molecule has 1 atom stereocenters. The van der Waals surface area contributed by atoms with Crippen molar-refractivity contribution in [3.05, 3.63) is 18.3 Å². The van der Waals surface area contributed by atoms with Gasteiger partial charge in [0.05, 0.1) is 11.6 Å². The molecule has 7 nitrogen and oxygen atoms in total. The van der Waals surface area contributed by atoms with Crippen molar-refractivity contribution in [2.75, 3.05) is 25.0 Å². The van der Waals surface area contributed by atoms with E-state index in [2.05, 4.69) is 19.9 Å². The number of amides is 1. The Morgan fingerprint density at radius 3 is 2.96 bits per heavy atom. The van der Waals surface area contributed by atoms with Crippen LogP contribution < -0.4 is 4.90 Å². The molecule has 1 fully saturated rings. The summed E-state index contributed by atoms with van der Waals surface area (Å²) in [6.07, 6.45) is 4.63. The van der Waals surface area contributed by atoms with Gasteiger partial charge in [0.15, 0.2) is 5.65 Å². The van der Waals surface area contributed by atoms with Crippen LogP contribution in [0.2, 0.25) is 0 Å². The van der Waals surface area contributed by atoms with E-state index in [1.54, 1.807) is 6.20 Å². The Bertz CT molecular complexity index is 703. The zero-order valence-electron chi connectivity index (χ0n) is 15.5. The van der Waals surface area contributed by atoms with Crippen molar-refractivity contribution in [1.29, 1.82) is 0 Å². The van der Waals surface area contributed by atoms with E-state index >= 15 is 0 Å². The number of carbonyl (C=O) groups excluding carboxylic acids is 1. The number of likely N-dealkylation sites (tertiary alicyclic amines) is 1. The Kier molecular flexibility index (Phi) is 4.83. The molecule has 0 saturated carbocycles. The van der Waals surface area contributed by atoms with Crippen LogP contribution in [0.15, 0.2) is 18.3 Å². The highest BCUT2D eigenvalue weighted by atomic mass is 16.6. The first-order valence-corrected chi connectivity index (χ1v) is 8.85. The molecule has 136 valence electrons. The van der Waals surface area contributed by atoms with Crippen molar-refractivity contribution in [1.82, 2.24) is 19.9 Å². The molecule has 1 aliphatic rings. The van der Waals surface area contributed by atoms with Crippen molar-refractivity contribution < 1.29 is 9.53 Å². The lowest BCUT2D eigenvalue weighted by Gasteiger charge is -2.38. The van der Waals surface area contributed by atoms with Crippen LogP contribution in [0.3, 0.4) is 0 Å². The standard InChI is InChI=1S/C18H27N5O2/c1-18(2,3)25-17(24)23-11-6-5-8-13(23)12-22(4)16-20-14-9-7-10-19-15(14)21-16/h7,9-10,13H,5-6,8,11-12H2,1-4H3,(H,19,20,21). The van der Waals surface area contributed by atoms with Gasteiger partial charge in [-0.05, 0) is 52.2 Å². The summed E-state index contributed by atoms with van der Waals surface area (Å²) in [5.41, 5.74) is 1.14. The van der Waals surface area contributed by atoms with E-state index in [1.807, 2.05) is 44.9 Å². The zero-order chi connectivity index (χ0) is 18.0. The van der Waals surface area contributed by atoms with Crippen molar-refractivity contribution >= 4 is 23.2 Å². The molecule has 1 amide bonds. The number of pyridine rings is 1.